The molecule has 0 fully saturated rings. The van der Waals surface area contributed by atoms with Crippen LogP contribution in [0.25, 0.3) is 0 Å². The van der Waals surface area contributed by atoms with E-state index >= 15 is 0 Å². The Labute approximate surface area is 161 Å². The topological polar surface area (TPSA) is 18.5 Å². The van der Waals surface area contributed by atoms with Gasteiger partial charge >= 0.3 is 0 Å². The number of ether oxygens (including phenoxy) is 2. The molecule has 0 spiro atoms. The second-order valence-corrected chi connectivity index (χ2v) is 7.88. The van der Waals surface area contributed by atoms with Gasteiger partial charge in [0, 0.05) is 24.0 Å². The molecular weight excluding hydrogens is 343 g/mol. The van der Waals surface area contributed by atoms with Gasteiger partial charge in [-0.2, -0.15) is 0 Å². The highest BCUT2D eigenvalue weighted by Gasteiger charge is 2.01. The Morgan fingerprint density at radius 1 is 0.542 bits per heavy atom. The maximum atomic E-state index is 6.10. The predicted molar refractivity (Wildman–Crippen MR) is 108 cm³/mol. The summed E-state index contributed by atoms with van der Waals surface area (Å²) in [6.07, 6.45) is 14.3. The molecule has 2 unspecified atom stereocenters. The number of unbranched alkanes of at least 4 members (excludes halogenated alkanes) is 6. The highest BCUT2D eigenvalue weighted by molar-refractivity contribution is 6.20. The van der Waals surface area contributed by atoms with Crippen molar-refractivity contribution in [2.75, 3.05) is 26.4 Å². The van der Waals surface area contributed by atoms with E-state index in [1.54, 1.807) is 0 Å². The van der Waals surface area contributed by atoms with E-state index < -0.39 is 0 Å². The van der Waals surface area contributed by atoms with Crippen LogP contribution in [0.4, 0.5) is 0 Å². The van der Waals surface area contributed by atoms with Crippen molar-refractivity contribution >= 4 is 23.2 Å². The first-order valence-corrected chi connectivity index (χ1v) is 11.0. The molecule has 0 radical (unpaired) electrons. The van der Waals surface area contributed by atoms with Gasteiger partial charge in [0.15, 0.2) is 0 Å². The van der Waals surface area contributed by atoms with Crippen LogP contribution in [0, 0.1) is 0 Å². The molecule has 0 aliphatic carbocycles. The third-order valence-electron chi connectivity index (χ3n) is 4.37. The van der Waals surface area contributed by atoms with Gasteiger partial charge in [0.2, 0.25) is 0 Å². The van der Waals surface area contributed by atoms with Crippen LogP contribution in [0.15, 0.2) is 0 Å². The quantitative estimate of drug-likeness (QED) is 0.177. The van der Waals surface area contributed by atoms with Gasteiger partial charge in [0.25, 0.3) is 0 Å². The van der Waals surface area contributed by atoms with Crippen LogP contribution in [0.3, 0.4) is 0 Å². The Kier molecular flexibility index (Phi) is 20.2. The summed E-state index contributed by atoms with van der Waals surface area (Å²) < 4.78 is 11.2. The number of rotatable bonds is 19. The molecule has 0 rings (SSSR count). The predicted octanol–water partition coefficient (Wildman–Crippen LogP) is 6.96. The average Bonchev–Trinajstić information content (AvgIpc) is 2.60. The minimum absolute atomic E-state index is 0.368. The fraction of sp³-hybridized carbons (Fsp3) is 1.00. The largest absolute Gasteiger partial charge is 0.379 e. The van der Waals surface area contributed by atoms with E-state index in [9.17, 15) is 0 Å². The van der Waals surface area contributed by atoms with Gasteiger partial charge < -0.3 is 9.47 Å². The van der Waals surface area contributed by atoms with Crippen LogP contribution < -0.4 is 0 Å². The molecule has 0 aromatic heterocycles. The number of alkyl halides is 2. The van der Waals surface area contributed by atoms with Crippen molar-refractivity contribution in [3.05, 3.63) is 0 Å². The maximum absolute atomic E-state index is 6.10. The summed E-state index contributed by atoms with van der Waals surface area (Å²) in [7, 11) is 0. The van der Waals surface area contributed by atoms with Crippen LogP contribution in [0.2, 0.25) is 0 Å². The van der Waals surface area contributed by atoms with Gasteiger partial charge in [-0.25, -0.2) is 0 Å². The van der Waals surface area contributed by atoms with E-state index in [0.29, 0.717) is 10.8 Å². The highest BCUT2D eigenvalue weighted by Crippen LogP contribution is 2.13. The summed E-state index contributed by atoms with van der Waals surface area (Å²) in [4.78, 5) is 0. The van der Waals surface area contributed by atoms with Crippen LogP contribution in [-0.2, 0) is 9.47 Å². The smallest absolute Gasteiger partial charge is 0.0700 e. The average molecular weight is 383 g/mol. The van der Waals surface area contributed by atoms with E-state index in [0.717, 1.165) is 65.0 Å². The van der Waals surface area contributed by atoms with E-state index in [1.807, 2.05) is 0 Å². The molecular formula is C20H40Cl2O2. The molecule has 0 bridgehead atoms. The highest BCUT2D eigenvalue weighted by atomic mass is 35.5. The normalized spacial score (nSPS) is 14.0. The van der Waals surface area contributed by atoms with Gasteiger partial charge in [0.05, 0.1) is 13.2 Å². The molecule has 0 saturated carbocycles. The summed E-state index contributed by atoms with van der Waals surface area (Å²) in [5, 5.41) is 0.735. The summed E-state index contributed by atoms with van der Waals surface area (Å²) in [6.45, 7) is 7.47. The van der Waals surface area contributed by atoms with Gasteiger partial charge in [-0.05, 0) is 38.5 Å². The van der Waals surface area contributed by atoms with Crippen molar-refractivity contribution in [2.24, 2.45) is 0 Å². The number of hydrogen-bond donors (Lipinski definition) is 0. The molecule has 24 heavy (non-hydrogen) atoms. The Bertz CT molecular complexity index is 216. The second-order valence-electron chi connectivity index (χ2n) is 6.64. The summed E-state index contributed by atoms with van der Waals surface area (Å²) in [5.74, 6) is 0. The van der Waals surface area contributed by atoms with Crippen molar-refractivity contribution < 1.29 is 9.47 Å². The SMILES string of the molecule is CCC(Cl)CCCCCCOCCOCCCCCCC(Cl)CC. The molecule has 0 aliphatic rings. The number of hydrogen-bond acceptors (Lipinski definition) is 2. The lowest BCUT2D eigenvalue weighted by atomic mass is 10.1. The van der Waals surface area contributed by atoms with Crippen molar-refractivity contribution in [3.63, 3.8) is 0 Å². The lowest BCUT2D eigenvalue weighted by Crippen LogP contribution is -2.06. The Balaban J connectivity index is 3.03. The zero-order chi connectivity index (χ0) is 17.9. The molecule has 0 saturated heterocycles. The van der Waals surface area contributed by atoms with Gasteiger partial charge in [-0.3, -0.25) is 0 Å². The second kappa shape index (κ2) is 19.8. The summed E-state index contributed by atoms with van der Waals surface area (Å²) >= 11 is 12.2. The van der Waals surface area contributed by atoms with Gasteiger partial charge in [-0.15, -0.1) is 23.2 Å². The van der Waals surface area contributed by atoms with E-state index in [-0.39, 0.29) is 0 Å². The molecule has 2 atom stereocenters. The Morgan fingerprint density at radius 3 is 1.29 bits per heavy atom. The van der Waals surface area contributed by atoms with Crippen LogP contribution in [0.1, 0.15) is 90.9 Å². The number of halogens is 2. The van der Waals surface area contributed by atoms with E-state index in [2.05, 4.69) is 13.8 Å². The molecule has 0 aromatic carbocycles. The van der Waals surface area contributed by atoms with Crippen molar-refractivity contribution in [3.8, 4) is 0 Å². The third-order valence-corrected chi connectivity index (χ3v) is 5.42. The Morgan fingerprint density at radius 2 is 0.917 bits per heavy atom. The molecule has 0 heterocycles. The summed E-state index contributed by atoms with van der Waals surface area (Å²) in [6, 6.07) is 0. The molecule has 0 N–H and O–H groups in total. The van der Waals surface area contributed by atoms with Crippen molar-refractivity contribution in [1.82, 2.24) is 0 Å². The first-order valence-electron chi connectivity index (χ1n) is 10.1. The minimum Gasteiger partial charge on any atom is -0.379 e. The molecule has 0 aliphatic heterocycles. The fourth-order valence-corrected chi connectivity index (χ4v) is 2.89. The van der Waals surface area contributed by atoms with Crippen LogP contribution in [-0.4, -0.2) is 37.2 Å². The minimum atomic E-state index is 0.368. The third kappa shape index (κ3) is 18.8. The van der Waals surface area contributed by atoms with E-state index in [4.69, 9.17) is 32.7 Å². The molecule has 2 nitrogen and oxygen atoms in total. The van der Waals surface area contributed by atoms with Crippen LogP contribution >= 0.6 is 23.2 Å². The molecule has 0 aromatic rings. The molecule has 0 amide bonds. The zero-order valence-corrected chi connectivity index (χ0v) is 17.6. The monoisotopic (exact) mass is 382 g/mol. The Hall–Kier alpha value is 0.500. The lowest BCUT2D eigenvalue weighted by Gasteiger charge is -2.08. The van der Waals surface area contributed by atoms with Crippen LogP contribution in [0.5, 0.6) is 0 Å². The molecule has 4 heteroatoms. The first kappa shape index (κ1) is 24.5. The van der Waals surface area contributed by atoms with Crippen molar-refractivity contribution in [1.29, 1.82) is 0 Å². The van der Waals surface area contributed by atoms with Gasteiger partial charge in [0.1, 0.15) is 0 Å². The lowest BCUT2D eigenvalue weighted by molar-refractivity contribution is 0.0448. The van der Waals surface area contributed by atoms with E-state index in [1.165, 1.54) is 38.5 Å². The first-order chi connectivity index (χ1) is 11.7. The van der Waals surface area contributed by atoms with Crippen molar-refractivity contribution in [2.45, 2.75) is 102 Å². The standard InChI is InChI=1S/C20H40Cl2O2/c1-3-19(21)13-9-5-7-11-15-23-17-18-24-16-12-8-6-10-14-20(22)4-2/h19-20H,3-18H2,1-2H3. The fourth-order valence-electron chi connectivity index (χ4n) is 2.58. The molecule has 146 valence electrons. The summed E-state index contributed by atoms with van der Waals surface area (Å²) in [5.41, 5.74) is 0. The van der Waals surface area contributed by atoms with Gasteiger partial charge in [-0.1, -0.05) is 52.4 Å². The maximum Gasteiger partial charge on any atom is 0.0700 e. The zero-order valence-electron chi connectivity index (χ0n) is 16.0.